The average Bonchev–Trinajstić information content (AvgIpc) is 3.51. The maximum absolute atomic E-state index is 14.1. The first-order chi connectivity index (χ1) is 39.3. The number of aliphatic hydroxyl groups excluding tert-OH is 1. The molecular formula is C59H73FN10O10S2Si. The van der Waals surface area contributed by atoms with Gasteiger partial charge in [0.2, 0.25) is 27.7 Å². The predicted molar refractivity (Wildman–Crippen MR) is 318 cm³/mol. The molecule has 83 heavy (non-hydrogen) atoms. The fraction of sp³-hybridized carbons (Fsp3) is 0.424. The van der Waals surface area contributed by atoms with Gasteiger partial charge in [-0.1, -0.05) is 82.9 Å². The Balaban J connectivity index is 0.954. The summed E-state index contributed by atoms with van der Waals surface area (Å²) in [6.07, 6.45) is 0.497. The summed E-state index contributed by atoms with van der Waals surface area (Å²) in [5.74, 6) is -1.93. The van der Waals surface area contributed by atoms with Gasteiger partial charge in [0.05, 0.1) is 45.8 Å². The fourth-order valence-corrected chi connectivity index (χ4v) is 11.2. The van der Waals surface area contributed by atoms with Crippen molar-refractivity contribution in [2.75, 3.05) is 35.6 Å². The van der Waals surface area contributed by atoms with Crippen molar-refractivity contribution in [1.29, 1.82) is 5.26 Å². The van der Waals surface area contributed by atoms with E-state index in [1.807, 2.05) is 52.0 Å². The molecule has 0 spiro atoms. The number of aryl methyl sites for hydroxylation is 1. The van der Waals surface area contributed by atoms with Gasteiger partial charge in [0.1, 0.15) is 59.6 Å². The summed E-state index contributed by atoms with van der Waals surface area (Å²) in [6, 6.07) is 22.5. The fourth-order valence-electron chi connectivity index (χ4n) is 8.96. The zero-order valence-corrected chi connectivity index (χ0v) is 50.9. The standard InChI is InChI=1S/C59H73FN10O10S2Si/c1-10-82(76,77)68-47-24-20-42(29-49(47)80-38(3)40-18-22-44(60)23-19-40)52-46(31-61)55(70(67-52)36-78-27-28-83(7,8)9)65-50-25-21-43(33-62-50)58(75)79-26-12-11-13-51(72)66-54(59(4,5)6)57(74)69-34-45(71)30-48(69)56(73)63-32-39-14-16-41(17-15-39)53-37(2)64-35-81-53/h14-25,29,33,35,38,45,48,54,68,71H,10-13,26-28,30,32,34,36H2,1-9H3,(H,62,65)(H,63,73)(H,66,72)/t38-,45+,48?,54+/m0/s1. The minimum atomic E-state index is -3.75. The SMILES string of the molecule is CCS(=O)(=O)Nc1ccc(-c2nn(COCC[Si](C)(C)C)c(Nc3ccc(C(=O)OCCCCC(=O)N[C@H](C(=O)N4C[C@H](O)CC4C(=O)NCc4ccc(-c5scnc5C)cc4)C(C)(C)C)cn3)c2C#N)cc1O[C@@H](C)c1ccc(F)cc1. The lowest BCUT2D eigenvalue weighted by molar-refractivity contribution is -0.144. The molecular weight excluding hydrogens is 1120 g/mol. The summed E-state index contributed by atoms with van der Waals surface area (Å²) in [6.45, 7) is 17.9. The number of nitrogens with one attached hydrogen (secondary N) is 4. The Bertz CT molecular complexity index is 3400. The first-order valence-electron chi connectivity index (χ1n) is 27.4. The lowest BCUT2D eigenvalue weighted by Crippen LogP contribution is -2.57. The second-order valence-corrected chi connectivity index (χ2v) is 31.1. The number of thiazole rings is 1. The maximum atomic E-state index is 14.1. The molecule has 442 valence electrons. The molecule has 1 aliphatic rings. The van der Waals surface area contributed by atoms with Crippen molar-refractivity contribution in [1.82, 2.24) is 35.3 Å². The third kappa shape index (κ3) is 17.3. The molecule has 3 aromatic heterocycles. The van der Waals surface area contributed by atoms with Gasteiger partial charge in [-0.25, -0.2) is 32.3 Å². The average molecular weight is 1190 g/mol. The molecule has 1 unspecified atom stereocenters. The van der Waals surface area contributed by atoms with Crippen LogP contribution in [0.5, 0.6) is 5.75 Å². The van der Waals surface area contributed by atoms with Crippen molar-refractivity contribution in [3.05, 3.63) is 124 Å². The van der Waals surface area contributed by atoms with E-state index in [0.29, 0.717) is 30.6 Å². The lowest BCUT2D eigenvalue weighted by Gasteiger charge is -2.35. The van der Waals surface area contributed by atoms with Gasteiger partial charge in [-0.15, -0.1) is 11.3 Å². The zero-order valence-electron chi connectivity index (χ0n) is 48.2. The number of halogens is 1. The summed E-state index contributed by atoms with van der Waals surface area (Å²) in [7, 11) is -5.22. The summed E-state index contributed by atoms with van der Waals surface area (Å²) >= 11 is 1.55. The number of pyridine rings is 1. The third-order valence-corrected chi connectivity index (χ3v) is 17.8. The highest BCUT2D eigenvalue weighted by Gasteiger charge is 2.44. The third-order valence-electron chi connectivity index (χ3n) is 13.8. The molecule has 0 aliphatic carbocycles. The molecule has 6 aromatic rings. The number of rotatable bonds is 26. The lowest BCUT2D eigenvalue weighted by atomic mass is 9.85. The predicted octanol–water partition coefficient (Wildman–Crippen LogP) is 9.48. The Kier molecular flexibility index (Phi) is 21.0. The molecule has 4 atom stereocenters. The number of β-amino-alcohol motifs (C(OH)–C–C–N with tert-alkyl or cyclic N) is 1. The molecule has 4 heterocycles. The van der Waals surface area contributed by atoms with E-state index < -0.39 is 77.3 Å². The monoisotopic (exact) mass is 1190 g/mol. The molecule has 24 heteroatoms. The Morgan fingerprint density at radius 3 is 2.34 bits per heavy atom. The molecule has 5 N–H and O–H groups in total. The Labute approximate surface area is 489 Å². The van der Waals surface area contributed by atoms with E-state index in [1.54, 1.807) is 48.0 Å². The number of nitriles is 1. The number of sulfonamides is 1. The topological polar surface area (TPSA) is 269 Å². The van der Waals surface area contributed by atoms with Crippen LogP contribution in [0.25, 0.3) is 21.7 Å². The van der Waals surface area contributed by atoms with E-state index in [4.69, 9.17) is 19.3 Å². The number of hydrogen-bond donors (Lipinski definition) is 5. The van der Waals surface area contributed by atoms with Crippen LogP contribution in [0.1, 0.15) is 99.1 Å². The first kappa shape index (κ1) is 63.0. The quantitative estimate of drug-likeness (QED) is 0.0192. The summed E-state index contributed by atoms with van der Waals surface area (Å²) < 4.78 is 61.3. The highest BCUT2D eigenvalue weighted by Crippen LogP contribution is 2.38. The number of anilines is 3. The van der Waals surface area contributed by atoms with Crippen molar-refractivity contribution < 1.29 is 51.3 Å². The van der Waals surface area contributed by atoms with Crippen LogP contribution in [0, 0.1) is 29.5 Å². The number of nitrogens with zero attached hydrogens (tertiary/aromatic N) is 6. The van der Waals surface area contributed by atoms with Gasteiger partial charge in [-0.05, 0) is 98.2 Å². The van der Waals surface area contributed by atoms with E-state index in [1.165, 1.54) is 53.0 Å². The van der Waals surface area contributed by atoms with Crippen LogP contribution in [0.2, 0.25) is 25.7 Å². The van der Waals surface area contributed by atoms with Gasteiger partial charge >= 0.3 is 5.97 Å². The number of ether oxygens (including phenoxy) is 3. The summed E-state index contributed by atoms with van der Waals surface area (Å²) in [4.78, 5) is 65.4. The molecule has 1 fully saturated rings. The van der Waals surface area contributed by atoms with Gasteiger partial charge in [0, 0.05) is 52.4 Å². The van der Waals surface area contributed by atoms with Gasteiger partial charge in [-0.3, -0.25) is 19.1 Å². The Morgan fingerprint density at radius 1 is 0.976 bits per heavy atom. The highest BCUT2D eigenvalue weighted by atomic mass is 32.2. The molecule has 3 amide bonds. The van der Waals surface area contributed by atoms with Crippen LogP contribution in [0.4, 0.5) is 21.7 Å². The van der Waals surface area contributed by atoms with Crippen molar-refractivity contribution in [3.63, 3.8) is 0 Å². The number of amides is 3. The molecule has 20 nitrogen and oxygen atoms in total. The van der Waals surface area contributed by atoms with Crippen molar-refractivity contribution in [2.24, 2.45) is 5.41 Å². The van der Waals surface area contributed by atoms with Crippen LogP contribution in [-0.2, 0) is 47.2 Å². The van der Waals surface area contributed by atoms with E-state index in [0.717, 1.165) is 27.7 Å². The zero-order chi connectivity index (χ0) is 60.2. The molecule has 1 saturated heterocycles. The second-order valence-electron chi connectivity index (χ2n) is 22.7. The number of unbranched alkanes of at least 4 members (excludes halogenated alkanes) is 1. The number of likely N-dealkylation sites (tertiary alicyclic amines) is 1. The highest BCUT2D eigenvalue weighted by molar-refractivity contribution is 7.92. The number of aliphatic hydroxyl groups is 1. The number of benzene rings is 3. The van der Waals surface area contributed by atoms with Crippen molar-refractivity contribution >= 4 is 70.4 Å². The maximum Gasteiger partial charge on any atom is 0.339 e. The van der Waals surface area contributed by atoms with Gasteiger partial charge in [-0.2, -0.15) is 10.4 Å². The Hall–Kier alpha value is -7.56. The van der Waals surface area contributed by atoms with Crippen LogP contribution in [0.15, 0.2) is 90.6 Å². The number of hydrogen-bond acceptors (Lipinski definition) is 16. The van der Waals surface area contributed by atoms with Crippen LogP contribution < -0.4 is 25.4 Å². The molecule has 0 radical (unpaired) electrons. The number of carbonyl (C=O) groups is 4. The number of esters is 1. The van der Waals surface area contributed by atoms with Crippen LogP contribution in [-0.4, -0.2) is 114 Å². The van der Waals surface area contributed by atoms with Gasteiger partial charge in [0.15, 0.2) is 5.82 Å². The van der Waals surface area contributed by atoms with Gasteiger partial charge < -0.3 is 40.2 Å². The van der Waals surface area contributed by atoms with Crippen LogP contribution in [0.3, 0.4) is 0 Å². The smallest absolute Gasteiger partial charge is 0.339 e. The van der Waals surface area contributed by atoms with E-state index >= 15 is 0 Å². The molecule has 0 bridgehead atoms. The summed E-state index contributed by atoms with van der Waals surface area (Å²) in [5, 5.41) is 35.1. The largest absolute Gasteiger partial charge is 0.484 e. The first-order valence-corrected chi connectivity index (χ1v) is 33.7. The summed E-state index contributed by atoms with van der Waals surface area (Å²) in [5.41, 5.74) is 5.55. The van der Waals surface area contributed by atoms with E-state index in [2.05, 4.69) is 56.4 Å². The number of aromatic nitrogens is 4. The van der Waals surface area contributed by atoms with Gasteiger partial charge in [0.25, 0.3) is 0 Å². The minimum absolute atomic E-state index is 0.0132. The minimum Gasteiger partial charge on any atom is -0.484 e. The number of carbonyl (C=O) groups excluding carboxylic acids is 4. The normalized spacial score (nSPS) is 15.2. The Morgan fingerprint density at radius 2 is 1.70 bits per heavy atom. The molecule has 7 rings (SSSR count). The second kappa shape index (κ2) is 27.7. The van der Waals surface area contributed by atoms with Crippen molar-refractivity contribution in [3.8, 4) is 33.5 Å². The molecule has 3 aromatic carbocycles. The van der Waals surface area contributed by atoms with E-state index in [9.17, 15) is 42.4 Å². The van der Waals surface area contributed by atoms with Crippen molar-refractivity contribution in [2.45, 2.75) is 130 Å². The molecule has 1 aliphatic heterocycles. The van der Waals surface area contributed by atoms with Crippen LogP contribution >= 0.6 is 11.3 Å². The molecule has 0 saturated carbocycles. The van der Waals surface area contributed by atoms with E-state index in [-0.39, 0.29) is 84.9 Å².